The molecule has 5 rings (SSSR count). The fraction of sp³-hybridized carbons (Fsp3) is 0.353. The first-order chi connectivity index (χ1) is 21.2. The summed E-state index contributed by atoms with van der Waals surface area (Å²) in [5.41, 5.74) is 4.59. The van der Waals surface area contributed by atoms with Crippen molar-refractivity contribution in [3.8, 4) is 11.5 Å². The van der Waals surface area contributed by atoms with Crippen molar-refractivity contribution in [2.75, 3.05) is 25.5 Å². The molecule has 0 fully saturated rings. The number of aliphatic hydroxyl groups is 1. The minimum absolute atomic E-state index is 0.0512. The smallest absolute Gasteiger partial charge is 0.416 e. The van der Waals surface area contributed by atoms with Crippen molar-refractivity contribution in [3.63, 3.8) is 0 Å². The Balaban J connectivity index is 1.34. The van der Waals surface area contributed by atoms with Crippen molar-refractivity contribution in [1.82, 2.24) is 14.9 Å². The van der Waals surface area contributed by atoms with E-state index in [1.807, 2.05) is 62.4 Å². The Labute approximate surface area is 262 Å². The van der Waals surface area contributed by atoms with Gasteiger partial charge < -0.3 is 25.7 Å². The van der Waals surface area contributed by atoms with E-state index < -0.39 is 18.2 Å². The third-order valence-corrected chi connectivity index (χ3v) is 8.19. The van der Waals surface area contributed by atoms with Gasteiger partial charge in [0.2, 0.25) is 5.91 Å². The number of rotatable bonds is 11. The second-order valence-electron chi connectivity index (χ2n) is 11.2. The number of hydrogen-bond donors (Lipinski definition) is 3. The number of nitrogens with two attached hydrogens (primary N) is 1. The van der Waals surface area contributed by atoms with Gasteiger partial charge in [0.1, 0.15) is 17.5 Å². The average molecular weight is 619 g/mol. The van der Waals surface area contributed by atoms with Gasteiger partial charge in [-0.3, -0.25) is 14.4 Å². The molecule has 0 aliphatic carbocycles. The molecule has 0 saturated heterocycles. The van der Waals surface area contributed by atoms with Crippen LogP contribution in [-0.2, 0) is 11.2 Å². The summed E-state index contributed by atoms with van der Waals surface area (Å²) in [6.45, 7) is 4.92. The van der Waals surface area contributed by atoms with Crippen LogP contribution in [0.25, 0.3) is 10.9 Å². The van der Waals surface area contributed by atoms with E-state index in [2.05, 4.69) is 5.32 Å². The van der Waals surface area contributed by atoms with Gasteiger partial charge in [0.15, 0.2) is 0 Å². The summed E-state index contributed by atoms with van der Waals surface area (Å²) in [4.78, 5) is 27.1. The first-order valence-corrected chi connectivity index (χ1v) is 15.4. The molecule has 0 radical (unpaired) electrons. The van der Waals surface area contributed by atoms with Gasteiger partial charge in [-0.25, -0.2) is 4.79 Å². The minimum atomic E-state index is -0.700. The molecular formula is C34H39ClN4O5. The molecule has 2 heterocycles. The first-order valence-electron chi connectivity index (χ1n) is 15.1. The number of benzene rings is 3. The van der Waals surface area contributed by atoms with Gasteiger partial charge in [-0.2, -0.15) is 0 Å². The predicted octanol–water partition coefficient (Wildman–Crippen LogP) is 5.90. The molecule has 232 valence electrons. The number of amides is 2. The molecule has 0 spiro atoms. The van der Waals surface area contributed by atoms with Gasteiger partial charge in [-0.05, 0) is 73.4 Å². The van der Waals surface area contributed by atoms with Crippen LogP contribution in [0.2, 0.25) is 5.02 Å². The molecule has 0 saturated carbocycles. The number of hydrogen-bond acceptors (Lipinski definition) is 6. The lowest BCUT2D eigenvalue weighted by Gasteiger charge is -2.36. The molecule has 1 aliphatic heterocycles. The fourth-order valence-electron chi connectivity index (χ4n) is 5.56. The number of halogens is 1. The van der Waals surface area contributed by atoms with E-state index in [4.69, 9.17) is 26.9 Å². The van der Waals surface area contributed by atoms with Crippen LogP contribution in [0.5, 0.6) is 11.5 Å². The van der Waals surface area contributed by atoms with Crippen LogP contribution in [0.1, 0.15) is 61.0 Å². The molecule has 2 unspecified atom stereocenters. The Morgan fingerprint density at radius 2 is 1.82 bits per heavy atom. The Hall–Kier alpha value is -4.21. The van der Waals surface area contributed by atoms with Crippen LogP contribution in [0.15, 0.2) is 66.7 Å². The van der Waals surface area contributed by atoms with Crippen LogP contribution in [0, 0.1) is 6.92 Å². The summed E-state index contributed by atoms with van der Waals surface area (Å²) in [6.07, 6.45) is 2.04. The number of ether oxygens (including phenoxy) is 2. The van der Waals surface area contributed by atoms with E-state index >= 15 is 0 Å². The monoisotopic (exact) mass is 618 g/mol. The topological polar surface area (TPSA) is 119 Å². The molecule has 0 bridgehead atoms. The highest BCUT2D eigenvalue weighted by atomic mass is 35.5. The van der Waals surface area contributed by atoms with E-state index in [1.165, 1.54) is 0 Å². The van der Waals surface area contributed by atoms with Crippen molar-refractivity contribution in [1.29, 1.82) is 0 Å². The largest absolute Gasteiger partial charge is 0.493 e. The van der Waals surface area contributed by atoms with Gasteiger partial charge >= 0.3 is 6.09 Å². The minimum Gasteiger partial charge on any atom is -0.493 e. The Morgan fingerprint density at radius 1 is 1.09 bits per heavy atom. The van der Waals surface area contributed by atoms with Crippen molar-refractivity contribution >= 4 is 34.5 Å². The quantitative estimate of drug-likeness (QED) is 0.180. The van der Waals surface area contributed by atoms with Crippen molar-refractivity contribution in [3.05, 3.63) is 94.1 Å². The lowest BCUT2D eigenvalue weighted by Crippen LogP contribution is -2.43. The number of nitrogen functional groups attached to an aromatic ring is 1. The zero-order valence-corrected chi connectivity index (χ0v) is 25.8. The lowest BCUT2D eigenvalue weighted by molar-refractivity contribution is -0.121. The van der Waals surface area contributed by atoms with Gasteiger partial charge in [0.25, 0.3) is 0 Å². The number of nitrogens with one attached hydrogen (secondary N) is 1. The van der Waals surface area contributed by atoms with Crippen LogP contribution in [0.3, 0.4) is 0 Å². The Morgan fingerprint density at radius 3 is 2.55 bits per heavy atom. The maximum Gasteiger partial charge on any atom is 0.416 e. The highest BCUT2D eigenvalue weighted by Crippen LogP contribution is 2.41. The molecule has 2 amide bonds. The van der Waals surface area contributed by atoms with Crippen molar-refractivity contribution in [2.24, 2.45) is 0 Å². The average Bonchev–Trinajstić information content (AvgIpc) is 3.30. The van der Waals surface area contributed by atoms with Gasteiger partial charge in [-0.1, -0.05) is 54.8 Å². The number of unbranched alkanes of at least 4 members (excludes halogenated alkanes) is 1. The Bertz CT molecular complexity index is 1600. The second-order valence-corrected chi connectivity index (χ2v) is 11.6. The zero-order chi connectivity index (χ0) is 31.2. The SMILES string of the molecule is CCCCC(=O)NCC(O)CCOc1ccc(C2c3c(c4cc(Cl)ccc4n3N)CCN2C(=O)Oc2ccc(C)cc2)cc1. The van der Waals surface area contributed by atoms with E-state index in [0.717, 1.165) is 46.1 Å². The van der Waals surface area contributed by atoms with Crippen LogP contribution >= 0.6 is 11.6 Å². The number of fused-ring (bicyclic) bond motifs is 3. The molecule has 2 atom stereocenters. The maximum atomic E-state index is 13.6. The molecule has 4 N–H and O–H groups in total. The van der Waals surface area contributed by atoms with E-state index in [0.29, 0.717) is 42.3 Å². The maximum absolute atomic E-state index is 13.6. The summed E-state index contributed by atoms with van der Waals surface area (Å²) in [5.74, 6) is 7.72. The molecular weight excluding hydrogens is 580 g/mol. The molecule has 44 heavy (non-hydrogen) atoms. The summed E-state index contributed by atoms with van der Waals surface area (Å²) in [7, 11) is 0. The number of carbonyl (C=O) groups excluding carboxylic acids is 2. The highest BCUT2D eigenvalue weighted by molar-refractivity contribution is 6.31. The summed E-state index contributed by atoms with van der Waals surface area (Å²) in [6, 6.07) is 20.0. The van der Waals surface area contributed by atoms with Crippen LogP contribution in [0.4, 0.5) is 4.79 Å². The second kappa shape index (κ2) is 14.1. The van der Waals surface area contributed by atoms with Crippen molar-refractivity contribution < 1.29 is 24.2 Å². The van der Waals surface area contributed by atoms with E-state index in [1.54, 1.807) is 27.8 Å². The van der Waals surface area contributed by atoms with Crippen molar-refractivity contribution in [2.45, 2.75) is 58.1 Å². The Kier molecular flexibility index (Phi) is 9.97. The predicted molar refractivity (Wildman–Crippen MR) is 172 cm³/mol. The molecule has 9 nitrogen and oxygen atoms in total. The van der Waals surface area contributed by atoms with Gasteiger partial charge in [0.05, 0.1) is 23.9 Å². The summed E-state index contributed by atoms with van der Waals surface area (Å²) < 4.78 is 13.3. The van der Waals surface area contributed by atoms with Crippen LogP contribution < -0.4 is 20.6 Å². The van der Waals surface area contributed by atoms with Crippen LogP contribution in [-0.4, -0.2) is 52.5 Å². The molecule has 1 aromatic heterocycles. The third-order valence-electron chi connectivity index (χ3n) is 7.95. The molecule has 4 aromatic rings. The number of aryl methyl sites for hydroxylation is 1. The normalized spacial score (nSPS) is 15.1. The molecule has 10 heteroatoms. The number of aliphatic hydroxyl groups excluding tert-OH is 1. The lowest BCUT2D eigenvalue weighted by atomic mass is 9.92. The zero-order valence-electron chi connectivity index (χ0n) is 25.1. The fourth-order valence-corrected chi connectivity index (χ4v) is 5.73. The number of carbonyl (C=O) groups is 2. The van der Waals surface area contributed by atoms with E-state index in [9.17, 15) is 14.7 Å². The summed E-state index contributed by atoms with van der Waals surface area (Å²) in [5, 5.41) is 14.6. The standard InChI is InChI=1S/C34H39ClN4O5/c1-3-4-5-31(41)37-21-25(40)17-19-43-26-13-8-23(9-14-26)32-33-28(29-20-24(35)10-15-30(29)39(33)36)16-18-38(32)34(42)44-27-11-6-22(2)7-12-27/h6-15,20,25,32,40H,3-5,16-19,21,36H2,1-2H3,(H,37,41). The van der Waals surface area contributed by atoms with Gasteiger partial charge in [0, 0.05) is 36.3 Å². The number of aromatic nitrogens is 1. The van der Waals surface area contributed by atoms with E-state index in [-0.39, 0.29) is 19.1 Å². The molecule has 3 aromatic carbocycles. The number of nitrogens with zero attached hydrogens (tertiary/aromatic N) is 2. The molecule has 1 aliphatic rings. The first kappa shape index (κ1) is 31.2. The third kappa shape index (κ3) is 7.11. The van der Waals surface area contributed by atoms with Gasteiger partial charge in [-0.15, -0.1) is 0 Å². The highest BCUT2D eigenvalue weighted by Gasteiger charge is 2.37. The summed E-state index contributed by atoms with van der Waals surface area (Å²) >= 11 is 6.35.